The first-order valence-electron chi connectivity index (χ1n) is 5.32. The molecule has 1 aromatic heterocycles. The predicted octanol–water partition coefficient (Wildman–Crippen LogP) is 0.848. The molecule has 1 heterocycles. The molecule has 5 heteroatoms. The Bertz CT molecular complexity index is 334. The molecule has 0 aromatic carbocycles. The van der Waals surface area contributed by atoms with Crippen LogP contribution in [-0.4, -0.2) is 24.0 Å². The SMILES string of the molecule is CC(C)C(=O)NCCNc1ccc(N)nc1. The second-order valence-electron chi connectivity index (χ2n) is 3.84. The number of rotatable bonds is 5. The van der Waals surface area contributed by atoms with Crippen molar-refractivity contribution in [1.82, 2.24) is 10.3 Å². The van der Waals surface area contributed by atoms with Gasteiger partial charge in [-0.05, 0) is 12.1 Å². The molecule has 0 atom stereocenters. The predicted molar refractivity (Wildman–Crippen MR) is 65.0 cm³/mol. The minimum atomic E-state index is 0.0261. The number of anilines is 2. The van der Waals surface area contributed by atoms with Gasteiger partial charge in [-0.15, -0.1) is 0 Å². The van der Waals surface area contributed by atoms with Crippen LogP contribution < -0.4 is 16.4 Å². The van der Waals surface area contributed by atoms with E-state index >= 15 is 0 Å². The highest BCUT2D eigenvalue weighted by atomic mass is 16.1. The van der Waals surface area contributed by atoms with Crippen molar-refractivity contribution in [3.05, 3.63) is 18.3 Å². The minimum absolute atomic E-state index is 0.0261. The molecule has 1 aromatic rings. The van der Waals surface area contributed by atoms with E-state index in [0.29, 0.717) is 18.9 Å². The van der Waals surface area contributed by atoms with E-state index in [-0.39, 0.29) is 11.8 Å². The van der Waals surface area contributed by atoms with Gasteiger partial charge in [-0.25, -0.2) is 4.98 Å². The lowest BCUT2D eigenvalue weighted by Gasteiger charge is -2.09. The molecule has 0 radical (unpaired) electrons. The Morgan fingerprint density at radius 2 is 2.19 bits per heavy atom. The van der Waals surface area contributed by atoms with Crippen LogP contribution in [0.3, 0.4) is 0 Å². The second-order valence-corrected chi connectivity index (χ2v) is 3.84. The molecule has 16 heavy (non-hydrogen) atoms. The van der Waals surface area contributed by atoms with Crippen LogP contribution in [0.1, 0.15) is 13.8 Å². The molecule has 5 nitrogen and oxygen atoms in total. The summed E-state index contributed by atoms with van der Waals surface area (Å²) < 4.78 is 0. The molecule has 0 spiro atoms. The summed E-state index contributed by atoms with van der Waals surface area (Å²) in [4.78, 5) is 15.2. The quantitative estimate of drug-likeness (QED) is 0.645. The van der Waals surface area contributed by atoms with Gasteiger partial charge in [-0.3, -0.25) is 4.79 Å². The Kier molecular flexibility index (Phi) is 4.57. The first kappa shape index (κ1) is 12.3. The Balaban J connectivity index is 2.21. The summed E-state index contributed by atoms with van der Waals surface area (Å²) in [6.07, 6.45) is 1.67. The van der Waals surface area contributed by atoms with Crippen molar-refractivity contribution in [3.63, 3.8) is 0 Å². The standard InChI is InChI=1S/C11H18N4O/c1-8(2)11(16)14-6-5-13-9-3-4-10(12)15-7-9/h3-4,7-8,13H,5-6H2,1-2H3,(H2,12,15)(H,14,16). The molecule has 0 saturated carbocycles. The monoisotopic (exact) mass is 222 g/mol. The van der Waals surface area contributed by atoms with E-state index in [1.54, 1.807) is 12.3 Å². The van der Waals surface area contributed by atoms with E-state index in [9.17, 15) is 4.79 Å². The number of hydrogen-bond donors (Lipinski definition) is 3. The summed E-state index contributed by atoms with van der Waals surface area (Å²) in [5.41, 5.74) is 6.35. The van der Waals surface area contributed by atoms with Crippen molar-refractivity contribution in [2.24, 2.45) is 5.92 Å². The largest absolute Gasteiger partial charge is 0.384 e. The number of nitrogens with one attached hydrogen (secondary N) is 2. The van der Waals surface area contributed by atoms with Crippen LogP contribution in [0.15, 0.2) is 18.3 Å². The highest BCUT2D eigenvalue weighted by Crippen LogP contribution is 2.05. The van der Waals surface area contributed by atoms with Crippen LogP contribution in [-0.2, 0) is 4.79 Å². The van der Waals surface area contributed by atoms with Crippen LogP contribution >= 0.6 is 0 Å². The van der Waals surface area contributed by atoms with Crippen molar-refractivity contribution < 1.29 is 4.79 Å². The molecule has 0 aliphatic carbocycles. The number of carbonyl (C=O) groups excluding carboxylic acids is 1. The molecular formula is C11H18N4O. The van der Waals surface area contributed by atoms with Gasteiger partial charge in [0.25, 0.3) is 0 Å². The lowest BCUT2D eigenvalue weighted by atomic mass is 10.2. The Morgan fingerprint density at radius 3 is 2.75 bits per heavy atom. The third-order valence-corrected chi connectivity index (χ3v) is 2.06. The van der Waals surface area contributed by atoms with E-state index in [1.807, 2.05) is 19.9 Å². The Morgan fingerprint density at radius 1 is 1.44 bits per heavy atom. The molecule has 0 aliphatic rings. The molecule has 4 N–H and O–H groups in total. The van der Waals surface area contributed by atoms with Crippen LogP contribution in [0, 0.1) is 5.92 Å². The fraction of sp³-hybridized carbons (Fsp3) is 0.455. The second kappa shape index (κ2) is 5.95. The number of nitrogens with zero attached hydrogens (tertiary/aromatic N) is 1. The van der Waals surface area contributed by atoms with Gasteiger partial charge < -0.3 is 16.4 Å². The van der Waals surface area contributed by atoms with E-state index in [0.717, 1.165) is 5.69 Å². The molecule has 0 unspecified atom stereocenters. The molecule has 88 valence electrons. The fourth-order valence-electron chi connectivity index (χ4n) is 1.11. The maximum atomic E-state index is 11.2. The van der Waals surface area contributed by atoms with Gasteiger partial charge in [0.05, 0.1) is 11.9 Å². The smallest absolute Gasteiger partial charge is 0.222 e. The van der Waals surface area contributed by atoms with Crippen molar-refractivity contribution in [2.75, 3.05) is 24.1 Å². The normalized spacial score (nSPS) is 10.2. The van der Waals surface area contributed by atoms with Gasteiger partial charge in [-0.1, -0.05) is 13.8 Å². The van der Waals surface area contributed by atoms with Gasteiger partial charge >= 0.3 is 0 Å². The zero-order valence-corrected chi connectivity index (χ0v) is 9.66. The van der Waals surface area contributed by atoms with Crippen molar-refractivity contribution in [3.8, 4) is 0 Å². The number of carbonyl (C=O) groups is 1. The highest BCUT2D eigenvalue weighted by Gasteiger charge is 2.04. The first-order chi connectivity index (χ1) is 7.59. The average molecular weight is 222 g/mol. The van der Waals surface area contributed by atoms with E-state index in [1.165, 1.54) is 0 Å². The van der Waals surface area contributed by atoms with Crippen molar-refractivity contribution in [1.29, 1.82) is 0 Å². The number of nitrogen functional groups attached to an aromatic ring is 1. The summed E-state index contributed by atoms with van der Waals surface area (Å²) in [7, 11) is 0. The fourth-order valence-corrected chi connectivity index (χ4v) is 1.11. The molecule has 1 rings (SSSR count). The number of aromatic nitrogens is 1. The number of hydrogen-bond acceptors (Lipinski definition) is 4. The van der Waals surface area contributed by atoms with Crippen LogP contribution in [0.2, 0.25) is 0 Å². The van der Waals surface area contributed by atoms with Gasteiger partial charge in [0, 0.05) is 19.0 Å². The topological polar surface area (TPSA) is 80.0 Å². The van der Waals surface area contributed by atoms with Crippen LogP contribution in [0.4, 0.5) is 11.5 Å². The summed E-state index contributed by atoms with van der Waals surface area (Å²) in [5.74, 6) is 0.592. The summed E-state index contributed by atoms with van der Waals surface area (Å²) in [6.45, 7) is 5.00. The average Bonchev–Trinajstić information content (AvgIpc) is 2.26. The minimum Gasteiger partial charge on any atom is -0.384 e. The number of amides is 1. The van der Waals surface area contributed by atoms with Crippen LogP contribution in [0.25, 0.3) is 0 Å². The Hall–Kier alpha value is -1.78. The van der Waals surface area contributed by atoms with Crippen LogP contribution in [0.5, 0.6) is 0 Å². The lowest BCUT2D eigenvalue weighted by molar-refractivity contribution is -0.123. The van der Waals surface area contributed by atoms with E-state index in [2.05, 4.69) is 15.6 Å². The molecule has 0 bridgehead atoms. The highest BCUT2D eigenvalue weighted by molar-refractivity contribution is 5.77. The van der Waals surface area contributed by atoms with Gasteiger partial charge in [0.2, 0.25) is 5.91 Å². The molecular weight excluding hydrogens is 204 g/mol. The van der Waals surface area contributed by atoms with E-state index in [4.69, 9.17) is 5.73 Å². The van der Waals surface area contributed by atoms with Crippen molar-refractivity contribution >= 4 is 17.4 Å². The van der Waals surface area contributed by atoms with Gasteiger partial charge in [0.1, 0.15) is 5.82 Å². The number of nitrogens with two attached hydrogens (primary N) is 1. The first-order valence-corrected chi connectivity index (χ1v) is 5.32. The molecule has 1 amide bonds. The molecule has 0 aliphatic heterocycles. The third-order valence-electron chi connectivity index (χ3n) is 2.06. The molecule has 0 fully saturated rings. The summed E-state index contributed by atoms with van der Waals surface area (Å²) in [6, 6.07) is 3.58. The maximum Gasteiger partial charge on any atom is 0.222 e. The Labute approximate surface area is 95.4 Å². The van der Waals surface area contributed by atoms with Gasteiger partial charge in [0.15, 0.2) is 0 Å². The third kappa shape index (κ3) is 4.16. The summed E-state index contributed by atoms with van der Waals surface area (Å²) >= 11 is 0. The zero-order chi connectivity index (χ0) is 12.0. The summed E-state index contributed by atoms with van der Waals surface area (Å²) in [5, 5.41) is 5.95. The lowest BCUT2D eigenvalue weighted by Crippen LogP contribution is -2.31. The van der Waals surface area contributed by atoms with Gasteiger partial charge in [-0.2, -0.15) is 0 Å². The number of pyridine rings is 1. The zero-order valence-electron chi connectivity index (χ0n) is 9.66. The van der Waals surface area contributed by atoms with E-state index < -0.39 is 0 Å². The maximum absolute atomic E-state index is 11.2. The van der Waals surface area contributed by atoms with Crippen molar-refractivity contribution in [2.45, 2.75) is 13.8 Å². The molecule has 0 saturated heterocycles.